The molecule has 2 rings (SSSR count). The highest BCUT2D eigenvalue weighted by atomic mass is 16.5. The number of carbonyl (C=O) groups excluding carboxylic acids is 1. The molecule has 1 amide bonds. The molecular formula is C7H5NO2. The fourth-order valence-corrected chi connectivity index (χ4v) is 0.942. The topological polar surface area (TPSA) is 38.7 Å². The van der Waals surface area contributed by atoms with Crippen molar-refractivity contribution in [3.63, 3.8) is 0 Å². The van der Waals surface area contributed by atoms with E-state index in [1.165, 1.54) is 6.08 Å². The van der Waals surface area contributed by atoms with Crippen LogP contribution in [0.15, 0.2) is 29.2 Å². The lowest BCUT2D eigenvalue weighted by Crippen LogP contribution is -2.07. The normalized spacial score (nSPS) is 27.8. The summed E-state index contributed by atoms with van der Waals surface area (Å²) in [6, 6.07) is 0. The van der Waals surface area contributed by atoms with E-state index in [9.17, 15) is 4.79 Å². The molecule has 0 aromatic rings. The summed E-state index contributed by atoms with van der Waals surface area (Å²) in [6.07, 6.45) is 6.41. The molecule has 0 fully saturated rings. The number of carbonyl (C=O) groups is 1. The molecule has 10 heavy (non-hydrogen) atoms. The van der Waals surface area contributed by atoms with E-state index in [0.717, 1.165) is 0 Å². The van der Waals surface area contributed by atoms with E-state index in [4.69, 9.17) is 4.74 Å². The molecule has 0 spiro atoms. The summed E-state index contributed by atoms with van der Waals surface area (Å²) in [4.78, 5) is 14.2. The maximum atomic E-state index is 10.6. The molecule has 3 nitrogen and oxygen atoms in total. The van der Waals surface area contributed by atoms with Crippen LogP contribution in [0.5, 0.6) is 0 Å². The van der Waals surface area contributed by atoms with Gasteiger partial charge in [-0.15, -0.1) is 0 Å². The van der Waals surface area contributed by atoms with Crippen LogP contribution in [0, 0.1) is 5.92 Å². The van der Waals surface area contributed by atoms with Crippen LogP contribution in [-0.2, 0) is 9.53 Å². The van der Waals surface area contributed by atoms with Gasteiger partial charge in [-0.05, 0) is 6.08 Å². The lowest BCUT2D eigenvalue weighted by atomic mass is 10.1. The van der Waals surface area contributed by atoms with Crippen LogP contribution in [-0.4, -0.2) is 12.1 Å². The van der Waals surface area contributed by atoms with Gasteiger partial charge < -0.3 is 4.74 Å². The standard InChI is InChI=1S/C7H5NO2/c9-7-3-6-5(4-8-7)1-2-10-6/h1-5H. The predicted octanol–water partition coefficient (Wildman–Crippen LogP) is 0.641. The van der Waals surface area contributed by atoms with Crippen molar-refractivity contribution in [3.8, 4) is 0 Å². The number of nitrogens with zero attached hydrogens (tertiary/aromatic N) is 1. The largest absolute Gasteiger partial charge is 0.468 e. The SMILES string of the molecule is O=C1C=C2OC=CC2C=N1. The Bertz CT molecular complexity index is 263. The minimum Gasteiger partial charge on any atom is -0.468 e. The first-order chi connectivity index (χ1) is 4.86. The third kappa shape index (κ3) is 0.673. The lowest BCUT2D eigenvalue weighted by molar-refractivity contribution is -0.113. The van der Waals surface area contributed by atoms with Crippen molar-refractivity contribution < 1.29 is 9.53 Å². The van der Waals surface area contributed by atoms with Gasteiger partial charge in [0.05, 0.1) is 12.2 Å². The van der Waals surface area contributed by atoms with Crippen molar-refractivity contribution in [1.29, 1.82) is 0 Å². The number of amides is 1. The highest BCUT2D eigenvalue weighted by molar-refractivity contribution is 5.98. The van der Waals surface area contributed by atoms with Crippen LogP contribution in [0.3, 0.4) is 0 Å². The van der Waals surface area contributed by atoms with E-state index in [1.807, 2.05) is 6.08 Å². The molecule has 0 saturated carbocycles. The molecule has 0 aromatic heterocycles. The zero-order chi connectivity index (χ0) is 6.97. The number of hydrogen-bond donors (Lipinski definition) is 0. The summed E-state index contributed by atoms with van der Waals surface area (Å²) in [5, 5.41) is 0. The Morgan fingerprint density at radius 3 is 3.40 bits per heavy atom. The number of rotatable bonds is 0. The van der Waals surface area contributed by atoms with E-state index >= 15 is 0 Å². The minimum absolute atomic E-state index is 0.0951. The zero-order valence-electron chi connectivity index (χ0n) is 5.15. The first-order valence-corrected chi connectivity index (χ1v) is 2.99. The van der Waals surface area contributed by atoms with Crippen LogP contribution in [0.4, 0.5) is 0 Å². The first-order valence-electron chi connectivity index (χ1n) is 2.99. The van der Waals surface area contributed by atoms with Crippen LogP contribution in [0.1, 0.15) is 0 Å². The van der Waals surface area contributed by atoms with Gasteiger partial charge >= 0.3 is 0 Å². The number of fused-ring (bicyclic) bond motifs is 1. The summed E-state index contributed by atoms with van der Waals surface area (Å²) in [6.45, 7) is 0. The predicted molar refractivity (Wildman–Crippen MR) is 35.3 cm³/mol. The van der Waals surface area contributed by atoms with E-state index < -0.39 is 0 Å². The molecule has 1 atom stereocenters. The van der Waals surface area contributed by atoms with Gasteiger partial charge in [-0.2, -0.15) is 0 Å². The second-order valence-corrected chi connectivity index (χ2v) is 2.14. The molecule has 1 unspecified atom stereocenters. The fourth-order valence-electron chi connectivity index (χ4n) is 0.942. The quantitative estimate of drug-likeness (QED) is 0.489. The second kappa shape index (κ2) is 1.80. The molecule has 0 aromatic carbocycles. The number of hydrogen-bond acceptors (Lipinski definition) is 2. The number of aliphatic imine (C=N–C) groups is 1. The maximum absolute atomic E-state index is 10.6. The van der Waals surface area contributed by atoms with Crippen molar-refractivity contribution in [2.75, 3.05) is 0 Å². The van der Waals surface area contributed by atoms with Gasteiger partial charge in [-0.3, -0.25) is 4.79 Å². The summed E-state index contributed by atoms with van der Waals surface area (Å²) in [7, 11) is 0. The average molecular weight is 135 g/mol. The molecule has 50 valence electrons. The Morgan fingerprint density at radius 2 is 2.50 bits per heavy atom. The first kappa shape index (κ1) is 5.41. The van der Waals surface area contributed by atoms with Crippen LogP contribution < -0.4 is 0 Å². The molecule has 2 aliphatic rings. The highest BCUT2D eigenvalue weighted by Gasteiger charge is 2.20. The lowest BCUT2D eigenvalue weighted by Gasteiger charge is -2.05. The van der Waals surface area contributed by atoms with Gasteiger partial charge in [0, 0.05) is 12.3 Å². The van der Waals surface area contributed by atoms with E-state index in [0.29, 0.717) is 5.76 Å². The zero-order valence-corrected chi connectivity index (χ0v) is 5.15. The van der Waals surface area contributed by atoms with Crippen molar-refractivity contribution in [1.82, 2.24) is 0 Å². The number of ether oxygens (including phenoxy) is 1. The molecular weight excluding hydrogens is 130 g/mol. The Balaban J connectivity index is 2.36. The van der Waals surface area contributed by atoms with E-state index in [2.05, 4.69) is 4.99 Å². The molecule has 0 bridgehead atoms. The molecule has 0 saturated heterocycles. The highest BCUT2D eigenvalue weighted by Crippen LogP contribution is 2.21. The summed E-state index contributed by atoms with van der Waals surface area (Å²) in [5.41, 5.74) is 0. The molecule has 0 radical (unpaired) electrons. The molecule has 2 aliphatic heterocycles. The van der Waals surface area contributed by atoms with Gasteiger partial charge in [0.1, 0.15) is 5.76 Å². The monoisotopic (exact) mass is 135 g/mol. The van der Waals surface area contributed by atoms with Crippen LogP contribution >= 0.6 is 0 Å². The van der Waals surface area contributed by atoms with Crippen LogP contribution in [0.2, 0.25) is 0 Å². The van der Waals surface area contributed by atoms with Gasteiger partial charge in [0.15, 0.2) is 0 Å². The Kier molecular flexibility index (Phi) is 0.974. The number of allylic oxidation sites excluding steroid dienone is 1. The number of dihydropyridines is 1. The minimum atomic E-state index is -0.241. The maximum Gasteiger partial charge on any atom is 0.272 e. The van der Waals surface area contributed by atoms with Gasteiger partial charge in [0.2, 0.25) is 0 Å². The molecule has 0 N–H and O–H groups in total. The van der Waals surface area contributed by atoms with Crippen molar-refractivity contribution in [2.45, 2.75) is 0 Å². The third-order valence-corrected chi connectivity index (χ3v) is 1.45. The fraction of sp³-hybridized carbons (Fsp3) is 0.143. The van der Waals surface area contributed by atoms with Crippen LogP contribution in [0.25, 0.3) is 0 Å². The third-order valence-electron chi connectivity index (χ3n) is 1.45. The molecule has 2 heterocycles. The van der Waals surface area contributed by atoms with Crippen molar-refractivity contribution >= 4 is 12.1 Å². The van der Waals surface area contributed by atoms with Gasteiger partial charge in [-0.1, -0.05) is 0 Å². The van der Waals surface area contributed by atoms with E-state index in [1.54, 1.807) is 12.5 Å². The van der Waals surface area contributed by atoms with E-state index in [-0.39, 0.29) is 11.8 Å². The Labute approximate surface area is 57.7 Å². The Morgan fingerprint density at radius 1 is 1.60 bits per heavy atom. The second-order valence-electron chi connectivity index (χ2n) is 2.14. The molecule has 0 aliphatic carbocycles. The summed E-state index contributed by atoms with van der Waals surface area (Å²) >= 11 is 0. The van der Waals surface area contributed by atoms with Gasteiger partial charge in [-0.25, -0.2) is 4.99 Å². The Hall–Kier alpha value is -1.38. The van der Waals surface area contributed by atoms with Crippen molar-refractivity contribution in [3.05, 3.63) is 24.2 Å². The molecule has 3 heteroatoms. The van der Waals surface area contributed by atoms with Crippen molar-refractivity contribution in [2.24, 2.45) is 10.9 Å². The summed E-state index contributed by atoms with van der Waals surface area (Å²) < 4.78 is 5.00. The summed E-state index contributed by atoms with van der Waals surface area (Å²) in [5.74, 6) is 0.535. The smallest absolute Gasteiger partial charge is 0.272 e. The van der Waals surface area contributed by atoms with Gasteiger partial charge in [0.25, 0.3) is 5.91 Å². The average Bonchev–Trinajstić information content (AvgIpc) is 2.33.